The lowest BCUT2D eigenvalue weighted by Gasteiger charge is -2.10. The van der Waals surface area contributed by atoms with E-state index in [4.69, 9.17) is 0 Å². The molecule has 1 aromatic heterocycles. The first-order chi connectivity index (χ1) is 11.4. The van der Waals surface area contributed by atoms with E-state index >= 15 is 0 Å². The third-order valence-corrected chi connectivity index (χ3v) is 5.08. The summed E-state index contributed by atoms with van der Waals surface area (Å²) in [7, 11) is -3.59. The molecule has 2 rings (SSSR count). The highest BCUT2D eigenvalue weighted by Gasteiger charge is 2.14. The molecular formula is C18H25N3O2S. The molecule has 0 saturated carbocycles. The van der Waals surface area contributed by atoms with E-state index < -0.39 is 10.0 Å². The topological polar surface area (TPSA) is 71.1 Å². The van der Waals surface area contributed by atoms with Crippen molar-refractivity contribution in [1.82, 2.24) is 4.98 Å². The van der Waals surface area contributed by atoms with Gasteiger partial charge in [0.1, 0.15) is 5.82 Å². The van der Waals surface area contributed by atoms with Crippen molar-refractivity contribution < 1.29 is 8.42 Å². The Bertz CT molecular complexity index is 739. The zero-order chi connectivity index (χ0) is 17.6. The number of sulfonamides is 1. The third-order valence-electron chi connectivity index (χ3n) is 3.69. The Balaban J connectivity index is 2.01. The van der Waals surface area contributed by atoms with Gasteiger partial charge in [-0.3, -0.25) is 4.72 Å². The summed E-state index contributed by atoms with van der Waals surface area (Å²) in [5.74, 6) is 1.37. The van der Waals surface area contributed by atoms with Gasteiger partial charge in [0.15, 0.2) is 0 Å². The Morgan fingerprint density at radius 2 is 1.79 bits per heavy atom. The molecular weight excluding hydrogens is 322 g/mol. The number of rotatable bonds is 8. The van der Waals surface area contributed by atoms with Crippen molar-refractivity contribution in [3.8, 4) is 0 Å². The number of nitrogens with one attached hydrogen (secondary N) is 2. The summed E-state index contributed by atoms with van der Waals surface area (Å²) in [5, 5.41) is 3.22. The Kier molecular flexibility index (Phi) is 6.20. The maximum Gasteiger partial charge on any atom is 0.261 e. The van der Waals surface area contributed by atoms with Gasteiger partial charge in [-0.05, 0) is 48.6 Å². The summed E-state index contributed by atoms with van der Waals surface area (Å²) in [4.78, 5) is 4.49. The summed E-state index contributed by atoms with van der Waals surface area (Å²) >= 11 is 0. The van der Waals surface area contributed by atoms with Crippen molar-refractivity contribution in [2.45, 2.75) is 38.5 Å². The second-order valence-electron chi connectivity index (χ2n) is 6.14. The molecule has 130 valence electrons. The molecule has 0 aliphatic rings. The van der Waals surface area contributed by atoms with E-state index in [0.717, 1.165) is 30.8 Å². The first kappa shape index (κ1) is 18.3. The molecule has 5 nitrogen and oxygen atoms in total. The lowest BCUT2D eigenvalue weighted by atomic mass is 10.1. The lowest BCUT2D eigenvalue weighted by Crippen LogP contribution is -2.13. The quantitative estimate of drug-likeness (QED) is 0.760. The van der Waals surface area contributed by atoms with Gasteiger partial charge < -0.3 is 5.32 Å². The zero-order valence-electron chi connectivity index (χ0n) is 14.4. The molecule has 2 aromatic rings. The Morgan fingerprint density at radius 3 is 2.33 bits per heavy atom. The normalized spacial score (nSPS) is 11.5. The van der Waals surface area contributed by atoms with E-state index in [1.807, 2.05) is 19.1 Å². The molecule has 6 heteroatoms. The van der Waals surface area contributed by atoms with Crippen molar-refractivity contribution in [3.63, 3.8) is 0 Å². The van der Waals surface area contributed by atoms with Gasteiger partial charge in [-0.25, -0.2) is 13.4 Å². The third kappa shape index (κ3) is 5.23. The number of anilines is 2. The highest BCUT2D eigenvalue weighted by Crippen LogP contribution is 2.17. The van der Waals surface area contributed by atoms with Crippen LogP contribution in [0.4, 0.5) is 11.5 Å². The van der Waals surface area contributed by atoms with Crippen LogP contribution in [0.15, 0.2) is 47.5 Å². The van der Waals surface area contributed by atoms with Crippen LogP contribution in [0, 0.1) is 5.92 Å². The van der Waals surface area contributed by atoms with Gasteiger partial charge in [0.2, 0.25) is 0 Å². The van der Waals surface area contributed by atoms with Gasteiger partial charge in [0.25, 0.3) is 10.0 Å². The van der Waals surface area contributed by atoms with Gasteiger partial charge in [0.05, 0.1) is 16.8 Å². The molecule has 1 heterocycles. The molecule has 0 spiro atoms. The van der Waals surface area contributed by atoms with E-state index in [-0.39, 0.29) is 4.90 Å². The summed E-state index contributed by atoms with van der Waals surface area (Å²) in [6.45, 7) is 7.21. The Hall–Kier alpha value is -2.08. The fourth-order valence-corrected chi connectivity index (χ4v) is 3.21. The minimum absolute atomic E-state index is 0.249. The van der Waals surface area contributed by atoms with Crippen LogP contribution >= 0.6 is 0 Å². The van der Waals surface area contributed by atoms with E-state index in [1.54, 1.807) is 24.3 Å². The molecule has 0 unspecified atom stereocenters. The van der Waals surface area contributed by atoms with Gasteiger partial charge >= 0.3 is 0 Å². The van der Waals surface area contributed by atoms with E-state index in [2.05, 4.69) is 28.9 Å². The lowest BCUT2D eigenvalue weighted by molar-refractivity contribution is 0.601. The molecule has 0 aliphatic heterocycles. The first-order valence-corrected chi connectivity index (χ1v) is 9.70. The van der Waals surface area contributed by atoms with Gasteiger partial charge in [0, 0.05) is 6.54 Å². The molecule has 0 aliphatic carbocycles. The first-order valence-electron chi connectivity index (χ1n) is 8.22. The molecule has 0 radical (unpaired) electrons. The van der Waals surface area contributed by atoms with Crippen LogP contribution in [-0.2, 0) is 16.4 Å². The molecule has 24 heavy (non-hydrogen) atoms. The minimum atomic E-state index is -3.59. The summed E-state index contributed by atoms with van der Waals surface area (Å²) in [5.41, 5.74) is 1.55. The number of aromatic nitrogens is 1. The fourth-order valence-electron chi connectivity index (χ4n) is 2.17. The van der Waals surface area contributed by atoms with Crippen LogP contribution in [-0.4, -0.2) is 19.9 Å². The standard InChI is InChI=1S/C18H25N3O2S/c1-4-15-5-8-17(9-6-15)24(22,23)21-16-7-10-18(20-13-16)19-12-11-14(2)3/h5-10,13-14,21H,4,11-12H2,1-3H3,(H,19,20). The average molecular weight is 347 g/mol. The number of aryl methyl sites for hydroxylation is 1. The van der Waals surface area contributed by atoms with Crippen LogP contribution in [0.5, 0.6) is 0 Å². The molecule has 0 amide bonds. The van der Waals surface area contributed by atoms with Crippen LogP contribution in [0.2, 0.25) is 0 Å². The number of benzene rings is 1. The zero-order valence-corrected chi connectivity index (χ0v) is 15.2. The van der Waals surface area contributed by atoms with E-state index in [9.17, 15) is 8.42 Å². The second kappa shape index (κ2) is 8.15. The second-order valence-corrected chi connectivity index (χ2v) is 7.83. The number of nitrogens with zero attached hydrogens (tertiary/aromatic N) is 1. The van der Waals surface area contributed by atoms with Crippen molar-refractivity contribution in [2.24, 2.45) is 5.92 Å². The maximum atomic E-state index is 12.4. The van der Waals surface area contributed by atoms with E-state index in [1.165, 1.54) is 6.20 Å². The van der Waals surface area contributed by atoms with Gasteiger partial charge in [-0.1, -0.05) is 32.9 Å². The molecule has 0 fully saturated rings. The number of pyridine rings is 1. The predicted molar refractivity (Wildman–Crippen MR) is 98.8 cm³/mol. The van der Waals surface area contributed by atoms with Crippen molar-refractivity contribution in [1.29, 1.82) is 0 Å². The Morgan fingerprint density at radius 1 is 1.08 bits per heavy atom. The maximum absolute atomic E-state index is 12.4. The Labute approximate surface area is 144 Å². The van der Waals surface area contributed by atoms with Crippen LogP contribution in [0.1, 0.15) is 32.8 Å². The average Bonchev–Trinajstić information content (AvgIpc) is 2.56. The van der Waals surface area contributed by atoms with Crippen LogP contribution in [0.3, 0.4) is 0 Å². The van der Waals surface area contributed by atoms with Crippen LogP contribution in [0.25, 0.3) is 0 Å². The number of hydrogen-bond donors (Lipinski definition) is 2. The monoisotopic (exact) mass is 347 g/mol. The molecule has 0 saturated heterocycles. The van der Waals surface area contributed by atoms with Gasteiger partial charge in [-0.2, -0.15) is 0 Å². The highest BCUT2D eigenvalue weighted by atomic mass is 32.2. The van der Waals surface area contributed by atoms with Gasteiger partial charge in [-0.15, -0.1) is 0 Å². The summed E-state index contributed by atoms with van der Waals surface area (Å²) in [6.07, 6.45) is 3.46. The molecule has 1 aromatic carbocycles. The number of hydrogen-bond acceptors (Lipinski definition) is 4. The van der Waals surface area contributed by atoms with Crippen molar-refractivity contribution >= 4 is 21.5 Å². The summed E-state index contributed by atoms with van der Waals surface area (Å²) < 4.78 is 27.3. The predicted octanol–water partition coefficient (Wildman–Crippen LogP) is 3.90. The highest BCUT2D eigenvalue weighted by molar-refractivity contribution is 7.92. The smallest absolute Gasteiger partial charge is 0.261 e. The molecule has 0 atom stereocenters. The van der Waals surface area contributed by atoms with Crippen molar-refractivity contribution in [2.75, 3.05) is 16.6 Å². The van der Waals surface area contributed by atoms with Crippen molar-refractivity contribution in [3.05, 3.63) is 48.2 Å². The SMILES string of the molecule is CCc1ccc(S(=O)(=O)Nc2ccc(NCCC(C)C)nc2)cc1. The molecule has 0 bridgehead atoms. The minimum Gasteiger partial charge on any atom is -0.370 e. The van der Waals surface area contributed by atoms with E-state index in [0.29, 0.717) is 11.6 Å². The molecule has 2 N–H and O–H groups in total. The largest absolute Gasteiger partial charge is 0.370 e. The fraction of sp³-hybridized carbons (Fsp3) is 0.389. The summed E-state index contributed by atoms with van der Waals surface area (Å²) in [6, 6.07) is 10.4. The van der Waals surface area contributed by atoms with Crippen LogP contribution < -0.4 is 10.0 Å².